The summed E-state index contributed by atoms with van der Waals surface area (Å²) in [5, 5.41) is 12.6. The maximum Gasteiger partial charge on any atom is 0.238 e. The predicted octanol–water partition coefficient (Wildman–Crippen LogP) is 1.36. The summed E-state index contributed by atoms with van der Waals surface area (Å²) in [6, 6.07) is 6.99. The Labute approximate surface area is 123 Å². The number of anilines is 1. The first-order valence-corrected chi connectivity index (χ1v) is 6.98. The molecule has 20 heavy (non-hydrogen) atoms. The fourth-order valence-corrected chi connectivity index (χ4v) is 2.43. The Morgan fingerprint density at radius 1 is 1.45 bits per heavy atom. The number of rotatable bonds is 4. The monoisotopic (exact) mass is 298 g/mol. The highest BCUT2D eigenvalue weighted by molar-refractivity contribution is 6.30. The number of carbonyl (C=O) groups is 1. The minimum atomic E-state index is -0.220. The standard InChI is InChI=1S/C14H19ClN2O3/c1-10-6-17(7-13(9-18)20-10)8-14(19)16-12-4-2-11(15)3-5-12/h2-5,10,13,18H,6-9H2,1H3,(H,16,19). The second kappa shape index (κ2) is 7.04. The number of aliphatic hydroxyl groups excluding tert-OH is 1. The molecule has 1 amide bonds. The van der Waals surface area contributed by atoms with Gasteiger partial charge in [-0.15, -0.1) is 0 Å². The third-order valence-electron chi connectivity index (χ3n) is 3.10. The van der Waals surface area contributed by atoms with E-state index in [4.69, 9.17) is 21.4 Å². The summed E-state index contributed by atoms with van der Waals surface area (Å²) in [6.45, 7) is 3.44. The van der Waals surface area contributed by atoms with Crippen molar-refractivity contribution in [2.75, 3.05) is 31.6 Å². The Morgan fingerprint density at radius 3 is 2.80 bits per heavy atom. The van der Waals surface area contributed by atoms with Gasteiger partial charge in [-0.2, -0.15) is 0 Å². The maximum absolute atomic E-state index is 12.0. The molecule has 1 aromatic rings. The molecule has 0 spiro atoms. The van der Waals surface area contributed by atoms with Crippen molar-refractivity contribution in [1.29, 1.82) is 0 Å². The number of benzene rings is 1. The zero-order chi connectivity index (χ0) is 14.5. The lowest BCUT2D eigenvalue weighted by molar-refractivity contribution is -0.124. The molecule has 1 saturated heterocycles. The molecule has 2 rings (SSSR count). The number of carbonyl (C=O) groups excluding carboxylic acids is 1. The molecule has 1 aliphatic rings. The highest BCUT2D eigenvalue weighted by atomic mass is 35.5. The van der Waals surface area contributed by atoms with Crippen molar-refractivity contribution in [2.24, 2.45) is 0 Å². The molecule has 0 bridgehead atoms. The number of aliphatic hydroxyl groups is 1. The van der Waals surface area contributed by atoms with E-state index in [0.717, 1.165) is 5.69 Å². The summed E-state index contributed by atoms with van der Waals surface area (Å²) >= 11 is 5.79. The van der Waals surface area contributed by atoms with E-state index >= 15 is 0 Å². The zero-order valence-electron chi connectivity index (χ0n) is 11.4. The van der Waals surface area contributed by atoms with Gasteiger partial charge in [-0.3, -0.25) is 9.69 Å². The molecule has 5 nitrogen and oxygen atoms in total. The summed E-state index contributed by atoms with van der Waals surface area (Å²) < 4.78 is 5.54. The topological polar surface area (TPSA) is 61.8 Å². The van der Waals surface area contributed by atoms with Crippen LogP contribution in [0.5, 0.6) is 0 Å². The van der Waals surface area contributed by atoms with E-state index in [0.29, 0.717) is 18.1 Å². The van der Waals surface area contributed by atoms with E-state index < -0.39 is 0 Å². The van der Waals surface area contributed by atoms with Gasteiger partial charge in [0.05, 0.1) is 25.4 Å². The molecule has 2 unspecified atom stereocenters. The molecule has 0 radical (unpaired) electrons. The normalized spacial score (nSPS) is 23.6. The Hall–Kier alpha value is -1.14. The Balaban J connectivity index is 1.86. The van der Waals surface area contributed by atoms with Crippen LogP contribution in [-0.2, 0) is 9.53 Å². The average Bonchev–Trinajstić information content (AvgIpc) is 2.40. The molecule has 2 N–H and O–H groups in total. The van der Waals surface area contributed by atoms with Crippen molar-refractivity contribution in [2.45, 2.75) is 19.1 Å². The number of hydrogen-bond donors (Lipinski definition) is 2. The van der Waals surface area contributed by atoms with Gasteiger partial charge >= 0.3 is 0 Å². The van der Waals surface area contributed by atoms with Gasteiger partial charge in [-0.25, -0.2) is 0 Å². The highest BCUT2D eigenvalue weighted by Crippen LogP contribution is 2.14. The van der Waals surface area contributed by atoms with Crippen LogP contribution in [0.15, 0.2) is 24.3 Å². The first-order chi connectivity index (χ1) is 9.56. The fraction of sp³-hybridized carbons (Fsp3) is 0.500. The number of nitrogens with one attached hydrogen (secondary N) is 1. The SMILES string of the molecule is CC1CN(CC(=O)Nc2ccc(Cl)cc2)CC(CO)O1. The lowest BCUT2D eigenvalue weighted by atomic mass is 10.2. The van der Waals surface area contributed by atoms with Crippen LogP contribution in [0.2, 0.25) is 5.02 Å². The molecule has 110 valence electrons. The largest absolute Gasteiger partial charge is 0.394 e. The molecule has 0 saturated carbocycles. The van der Waals surface area contributed by atoms with Gasteiger partial charge in [0.25, 0.3) is 0 Å². The Morgan fingerprint density at radius 2 is 2.15 bits per heavy atom. The number of ether oxygens (including phenoxy) is 1. The summed E-state index contributed by atoms with van der Waals surface area (Å²) in [4.78, 5) is 14.0. The van der Waals surface area contributed by atoms with Crippen molar-refractivity contribution in [3.63, 3.8) is 0 Å². The van der Waals surface area contributed by atoms with E-state index in [2.05, 4.69) is 5.32 Å². The minimum Gasteiger partial charge on any atom is -0.394 e. The van der Waals surface area contributed by atoms with Gasteiger partial charge in [0.15, 0.2) is 0 Å². The lowest BCUT2D eigenvalue weighted by Crippen LogP contribution is -2.50. The van der Waals surface area contributed by atoms with Gasteiger partial charge in [0.1, 0.15) is 0 Å². The van der Waals surface area contributed by atoms with Crippen LogP contribution in [0.25, 0.3) is 0 Å². The molecular formula is C14H19ClN2O3. The molecule has 1 heterocycles. The smallest absolute Gasteiger partial charge is 0.238 e. The number of amides is 1. The molecular weight excluding hydrogens is 280 g/mol. The first-order valence-electron chi connectivity index (χ1n) is 6.61. The van der Waals surface area contributed by atoms with Crippen LogP contribution in [0.1, 0.15) is 6.92 Å². The van der Waals surface area contributed by atoms with E-state index in [-0.39, 0.29) is 31.3 Å². The van der Waals surface area contributed by atoms with Crippen LogP contribution in [0, 0.1) is 0 Å². The van der Waals surface area contributed by atoms with Crippen LogP contribution in [-0.4, -0.2) is 54.4 Å². The van der Waals surface area contributed by atoms with Crippen molar-refractivity contribution >= 4 is 23.2 Å². The second-order valence-corrected chi connectivity index (χ2v) is 5.44. The van der Waals surface area contributed by atoms with E-state index in [1.54, 1.807) is 24.3 Å². The lowest BCUT2D eigenvalue weighted by Gasteiger charge is -2.35. The first kappa shape index (κ1) is 15.3. The van der Waals surface area contributed by atoms with Crippen molar-refractivity contribution in [1.82, 2.24) is 4.90 Å². The van der Waals surface area contributed by atoms with Crippen LogP contribution >= 0.6 is 11.6 Å². The summed E-state index contributed by atoms with van der Waals surface area (Å²) in [5.41, 5.74) is 0.722. The highest BCUT2D eigenvalue weighted by Gasteiger charge is 2.25. The van der Waals surface area contributed by atoms with Crippen molar-refractivity contribution < 1.29 is 14.6 Å². The summed E-state index contributed by atoms with van der Waals surface area (Å²) in [6.07, 6.45) is -0.202. The van der Waals surface area contributed by atoms with Gasteiger partial charge in [0, 0.05) is 23.8 Å². The quantitative estimate of drug-likeness (QED) is 0.881. The van der Waals surface area contributed by atoms with E-state index in [1.807, 2.05) is 11.8 Å². The molecule has 1 aromatic carbocycles. The predicted molar refractivity (Wildman–Crippen MR) is 77.9 cm³/mol. The molecule has 1 fully saturated rings. The van der Waals surface area contributed by atoms with Crippen LogP contribution in [0.4, 0.5) is 5.69 Å². The maximum atomic E-state index is 12.0. The minimum absolute atomic E-state index is 0.0178. The van der Waals surface area contributed by atoms with Gasteiger partial charge in [0.2, 0.25) is 5.91 Å². The van der Waals surface area contributed by atoms with E-state index in [1.165, 1.54) is 0 Å². The molecule has 0 aliphatic carbocycles. The van der Waals surface area contributed by atoms with Crippen LogP contribution < -0.4 is 5.32 Å². The molecule has 2 atom stereocenters. The third kappa shape index (κ3) is 4.45. The molecule has 0 aromatic heterocycles. The van der Waals surface area contributed by atoms with Gasteiger partial charge in [-0.1, -0.05) is 11.6 Å². The van der Waals surface area contributed by atoms with Gasteiger partial charge in [-0.05, 0) is 31.2 Å². The molecule has 1 aliphatic heterocycles. The Kier molecular flexibility index (Phi) is 5.37. The third-order valence-corrected chi connectivity index (χ3v) is 3.35. The summed E-state index contributed by atoms with van der Waals surface area (Å²) in [7, 11) is 0. The fourth-order valence-electron chi connectivity index (χ4n) is 2.31. The number of morpholine rings is 1. The number of halogens is 1. The van der Waals surface area contributed by atoms with E-state index in [9.17, 15) is 4.79 Å². The molecule has 6 heteroatoms. The zero-order valence-corrected chi connectivity index (χ0v) is 12.1. The van der Waals surface area contributed by atoms with Crippen molar-refractivity contribution in [3.8, 4) is 0 Å². The van der Waals surface area contributed by atoms with Gasteiger partial charge < -0.3 is 15.2 Å². The average molecular weight is 299 g/mol. The Bertz CT molecular complexity index is 452. The van der Waals surface area contributed by atoms with Crippen LogP contribution in [0.3, 0.4) is 0 Å². The van der Waals surface area contributed by atoms with Crippen molar-refractivity contribution in [3.05, 3.63) is 29.3 Å². The summed E-state index contributed by atoms with van der Waals surface area (Å²) in [5.74, 6) is -0.0851. The number of hydrogen-bond acceptors (Lipinski definition) is 4. The number of nitrogens with zero attached hydrogens (tertiary/aromatic N) is 1. The second-order valence-electron chi connectivity index (χ2n) is 5.00.